The zero-order chi connectivity index (χ0) is 25.2. The van der Waals surface area contributed by atoms with E-state index in [0.717, 1.165) is 57.3 Å². The first kappa shape index (κ1) is 24.0. The Kier molecular flexibility index (Phi) is 6.73. The van der Waals surface area contributed by atoms with Crippen molar-refractivity contribution in [1.82, 2.24) is 20.1 Å². The lowest BCUT2D eigenvalue weighted by molar-refractivity contribution is 0.138. The van der Waals surface area contributed by atoms with E-state index in [1.54, 1.807) is 0 Å². The summed E-state index contributed by atoms with van der Waals surface area (Å²) in [5.41, 5.74) is 6.78. The van der Waals surface area contributed by atoms with Gasteiger partial charge in [-0.3, -0.25) is 14.8 Å². The number of nitrogens with zero attached hydrogens (tertiary/aromatic N) is 3. The molecule has 0 aliphatic heterocycles. The second-order valence-corrected chi connectivity index (χ2v) is 9.79. The van der Waals surface area contributed by atoms with Crippen LogP contribution in [0, 0.1) is 25.2 Å². The molecule has 7 heteroatoms. The van der Waals surface area contributed by atoms with Crippen molar-refractivity contribution in [3.05, 3.63) is 87.0 Å². The standard InChI is InChI=1S/C29H31N5O2/c1-18-12-19(2)33-29(36)25(18)16-31-28(35)24-14-22(21-7-5-6-20(13-21)10-11-30)15-27-26(24)17-32-34(27)23-8-3-4-9-23/h5-7,12-15,17,23,28,31,35H,3-4,8-10,16H2,1-2H3,(H,33,36). The van der Waals surface area contributed by atoms with Gasteiger partial charge in [-0.2, -0.15) is 10.4 Å². The molecule has 1 aliphatic rings. The topological polar surface area (TPSA) is 107 Å². The maximum Gasteiger partial charge on any atom is 0.252 e. The summed E-state index contributed by atoms with van der Waals surface area (Å²) in [6, 6.07) is 16.6. The molecule has 2 heterocycles. The number of benzene rings is 2. The van der Waals surface area contributed by atoms with Crippen molar-refractivity contribution in [2.24, 2.45) is 0 Å². The number of hydrogen-bond donors (Lipinski definition) is 3. The van der Waals surface area contributed by atoms with E-state index < -0.39 is 6.23 Å². The van der Waals surface area contributed by atoms with Crippen LogP contribution in [0.4, 0.5) is 0 Å². The van der Waals surface area contributed by atoms with Crippen LogP contribution in [0.5, 0.6) is 0 Å². The van der Waals surface area contributed by atoms with E-state index in [-0.39, 0.29) is 12.1 Å². The Morgan fingerprint density at radius 3 is 2.75 bits per heavy atom. The molecule has 3 N–H and O–H groups in total. The molecule has 1 saturated carbocycles. The molecule has 4 aromatic rings. The van der Waals surface area contributed by atoms with Crippen LogP contribution < -0.4 is 10.9 Å². The van der Waals surface area contributed by atoms with Crippen molar-refractivity contribution in [3.8, 4) is 17.2 Å². The molecule has 0 radical (unpaired) electrons. The number of aliphatic hydroxyl groups excluding tert-OH is 1. The van der Waals surface area contributed by atoms with Gasteiger partial charge in [0.2, 0.25) is 0 Å². The number of aromatic nitrogens is 3. The zero-order valence-corrected chi connectivity index (χ0v) is 20.7. The summed E-state index contributed by atoms with van der Waals surface area (Å²) in [7, 11) is 0. The van der Waals surface area contributed by atoms with Crippen LogP contribution in [0.1, 0.15) is 65.9 Å². The highest BCUT2D eigenvalue weighted by atomic mass is 16.3. The Bertz CT molecular complexity index is 1500. The van der Waals surface area contributed by atoms with Crippen LogP contribution in [0.3, 0.4) is 0 Å². The molecule has 184 valence electrons. The number of hydrogen-bond acceptors (Lipinski definition) is 5. The largest absolute Gasteiger partial charge is 0.374 e. The fourth-order valence-corrected chi connectivity index (χ4v) is 5.37. The molecule has 5 rings (SSSR count). The number of aromatic amines is 1. The minimum Gasteiger partial charge on any atom is -0.374 e. The summed E-state index contributed by atoms with van der Waals surface area (Å²) in [6.45, 7) is 4.00. The molecule has 36 heavy (non-hydrogen) atoms. The molecule has 0 bridgehead atoms. The smallest absolute Gasteiger partial charge is 0.252 e. The molecule has 0 amide bonds. The Balaban J connectivity index is 1.56. The van der Waals surface area contributed by atoms with Crippen LogP contribution in [-0.4, -0.2) is 19.9 Å². The number of H-pyrrole nitrogens is 1. The van der Waals surface area contributed by atoms with Crippen molar-refractivity contribution < 1.29 is 5.11 Å². The number of nitrogens with one attached hydrogen (secondary N) is 2. The predicted molar refractivity (Wildman–Crippen MR) is 140 cm³/mol. The summed E-state index contributed by atoms with van der Waals surface area (Å²) >= 11 is 0. The van der Waals surface area contributed by atoms with Gasteiger partial charge in [-0.05, 0) is 67.1 Å². The average Bonchev–Trinajstić information content (AvgIpc) is 3.53. The second kappa shape index (κ2) is 10.1. The third-order valence-corrected chi connectivity index (χ3v) is 7.22. The van der Waals surface area contributed by atoms with E-state index in [1.165, 1.54) is 12.8 Å². The zero-order valence-electron chi connectivity index (χ0n) is 20.7. The molecule has 1 atom stereocenters. The maximum absolute atomic E-state index is 12.5. The molecule has 0 saturated heterocycles. The third-order valence-electron chi connectivity index (χ3n) is 7.22. The first-order valence-electron chi connectivity index (χ1n) is 12.5. The maximum atomic E-state index is 12.5. The molecule has 2 aromatic heterocycles. The second-order valence-electron chi connectivity index (χ2n) is 9.79. The van der Waals surface area contributed by atoms with Crippen molar-refractivity contribution in [2.75, 3.05) is 0 Å². The SMILES string of the molecule is Cc1cc(C)c(CNC(O)c2cc(-c3cccc(CC#N)c3)cc3c2cnn3C2CCCC2)c(=O)[nH]1. The van der Waals surface area contributed by atoms with Gasteiger partial charge in [0.15, 0.2) is 0 Å². The van der Waals surface area contributed by atoms with E-state index in [9.17, 15) is 9.90 Å². The van der Waals surface area contributed by atoms with Gasteiger partial charge >= 0.3 is 0 Å². The van der Waals surface area contributed by atoms with Crippen molar-refractivity contribution in [3.63, 3.8) is 0 Å². The minimum absolute atomic E-state index is 0.144. The highest BCUT2D eigenvalue weighted by molar-refractivity contribution is 5.88. The quantitative estimate of drug-likeness (QED) is 0.323. The highest BCUT2D eigenvalue weighted by Crippen LogP contribution is 2.36. The van der Waals surface area contributed by atoms with Gasteiger partial charge in [0.25, 0.3) is 5.56 Å². The monoisotopic (exact) mass is 481 g/mol. The molecular weight excluding hydrogens is 450 g/mol. The van der Waals surface area contributed by atoms with E-state index >= 15 is 0 Å². The highest BCUT2D eigenvalue weighted by Gasteiger charge is 2.23. The van der Waals surface area contributed by atoms with E-state index in [4.69, 9.17) is 10.4 Å². The lowest BCUT2D eigenvalue weighted by Crippen LogP contribution is -2.26. The average molecular weight is 482 g/mol. The summed E-state index contributed by atoms with van der Waals surface area (Å²) in [4.78, 5) is 15.3. The van der Waals surface area contributed by atoms with Crippen LogP contribution in [0.2, 0.25) is 0 Å². The number of aryl methyl sites for hydroxylation is 2. The third kappa shape index (κ3) is 4.70. The van der Waals surface area contributed by atoms with E-state index in [2.05, 4.69) is 27.1 Å². The number of nitriles is 1. The lowest BCUT2D eigenvalue weighted by Gasteiger charge is -2.18. The minimum atomic E-state index is -0.990. The summed E-state index contributed by atoms with van der Waals surface area (Å²) in [6.07, 6.45) is 5.79. The van der Waals surface area contributed by atoms with E-state index in [1.807, 2.05) is 56.4 Å². The van der Waals surface area contributed by atoms with Crippen LogP contribution in [-0.2, 0) is 13.0 Å². The normalized spacial score (nSPS) is 14.8. The first-order valence-corrected chi connectivity index (χ1v) is 12.5. The fourth-order valence-electron chi connectivity index (χ4n) is 5.37. The van der Waals surface area contributed by atoms with Gasteiger partial charge in [-0.1, -0.05) is 37.1 Å². The van der Waals surface area contributed by atoms with Gasteiger partial charge in [0.1, 0.15) is 6.23 Å². The molecular formula is C29H31N5O2. The van der Waals surface area contributed by atoms with Crippen molar-refractivity contribution in [2.45, 2.75) is 64.8 Å². The van der Waals surface area contributed by atoms with Crippen LogP contribution in [0.15, 0.2) is 53.5 Å². The van der Waals surface area contributed by atoms with Crippen LogP contribution in [0.25, 0.3) is 22.0 Å². The lowest BCUT2D eigenvalue weighted by atomic mass is 9.97. The fraction of sp³-hybridized carbons (Fsp3) is 0.345. The predicted octanol–water partition coefficient (Wildman–Crippen LogP) is 4.97. The summed E-state index contributed by atoms with van der Waals surface area (Å²) in [5.74, 6) is 0. The number of fused-ring (bicyclic) bond motifs is 1. The number of aliphatic hydroxyl groups is 1. The van der Waals surface area contributed by atoms with Crippen LogP contribution >= 0.6 is 0 Å². The Labute approximate surface area is 210 Å². The Morgan fingerprint density at radius 1 is 1.19 bits per heavy atom. The van der Waals surface area contributed by atoms with E-state index in [0.29, 0.717) is 18.0 Å². The van der Waals surface area contributed by atoms with Gasteiger partial charge in [-0.25, -0.2) is 0 Å². The van der Waals surface area contributed by atoms with Gasteiger partial charge in [0, 0.05) is 28.8 Å². The molecule has 1 aliphatic carbocycles. The van der Waals surface area contributed by atoms with Gasteiger partial charge in [0.05, 0.1) is 30.2 Å². The van der Waals surface area contributed by atoms with Gasteiger partial charge < -0.3 is 10.1 Å². The molecule has 7 nitrogen and oxygen atoms in total. The Morgan fingerprint density at radius 2 is 2.00 bits per heavy atom. The van der Waals surface area contributed by atoms with Crippen molar-refractivity contribution in [1.29, 1.82) is 5.26 Å². The molecule has 0 spiro atoms. The molecule has 1 fully saturated rings. The van der Waals surface area contributed by atoms with Crippen molar-refractivity contribution >= 4 is 10.9 Å². The number of rotatable bonds is 7. The molecule has 2 aromatic carbocycles. The summed E-state index contributed by atoms with van der Waals surface area (Å²) in [5, 5.41) is 29.2. The molecule has 1 unspecified atom stereocenters. The Hall–Kier alpha value is -3.73. The summed E-state index contributed by atoms with van der Waals surface area (Å²) < 4.78 is 2.11. The van der Waals surface area contributed by atoms with Gasteiger partial charge in [-0.15, -0.1) is 0 Å². The number of pyridine rings is 1. The first-order chi connectivity index (χ1) is 17.4.